The Morgan fingerprint density at radius 3 is 2.86 bits per heavy atom. The second-order valence-corrected chi connectivity index (χ2v) is 9.14. The van der Waals surface area contributed by atoms with E-state index in [1.165, 1.54) is 6.07 Å². The van der Waals surface area contributed by atoms with Crippen molar-refractivity contribution in [3.63, 3.8) is 0 Å². The number of hydrogen-bond acceptors (Lipinski definition) is 4. The molecule has 2 aliphatic rings. The van der Waals surface area contributed by atoms with Gasteiger partial charge in [0.1, 0.15) is 34.9 Å². The Balaban J connectivity index is 1.24. The third-order valence-electron chi connectivity index (χ3n) is 6.89. The van der Waals surface area contributed by atoms with Gasteiger partial charge in [-0.25, -0.2) is 4.39 Å². The minimum absolute atomic E-state index is 0.0222. The molecule has 7 heteroatoms. The van der Waals surface area contributed by atoms with Crippen molar-refractivity contribution >= 4 is 16.9 Å². The number of ether oxygens (including phenoxy) is 3. The summed E-state index contributed by atoms with van der Waals surface area (Å²) in [5, 5.41) is 10.2. The molecule has 0 radical (unpaired) electrons. The van der Waals surface area contributed by atoms with Gasteiger partial charge in [-0.15, -0.1) is 0 Å². The van der Waals surface area contributed by atoms with Crippen LogP contribution in [-0.4, -0.2) is 22.2 Å². The van der Waals surface area contributed by atoms with Crippen molar-refractivity contribution in [2.45, 2.75) is 31.3 Å². The minimum Gasteiger partial charge on any atom is -0.492 e. The Morgan fingerprint density at radius 1 is 1.14 bits per heavy atom. The van der Waals surface area contributed by atoms with Crippen LogP contribution >= 0.6 is 0 Å². The molecule has 1 N–H and O–H groups in total. The lowest BCUT2D eigenvalue weighted by atomic mass is 9.98. The van der Waals surface area contributed by atoms with E-state index in [-0.39, 0.29) is 18.2 Å². The van der Waals surface area contributed by atoms with E-state index in [1.54, 1.807) is 18.2 Å². The first-order chi connectivity index (χ1) is 17.0. The van der Waals surface area contributed by atoms with Gasteiger partial charge < -0.3 is 23.9 Å². The van der Waals surface area contributed by atoms with E-state index in [9.17, 15) is 9.18 Å². The van der Waals surface area contributed by atoms with Crippen LogP contribution in [0.5, 0.6) is 23.0 Å². The minimum atomic E-state index is -0.855. The van der Waals surface area contributed by atoms with Gasteiger partial charge in [-0.2, -0.15) is 0 Å². The van der Waals surface area contributed by atoms with Crippen LogP contribution in [0, 0.1) is 5.82 Å². The van der Waals surface area contributed by atoms with E-state index in [0.717, 1.165) is 22.0 Å². The predicted octanol–water partition coefficient (Wildman–Crippen LogP) is 6.13. The van der Waals surface area contributed by atoms with E-state index in [2.05, 4.69) is 0 Å². The summed E-state index contributed by atoms with van der Waals surface area (Å²) in [7, 11) is 2.00. The van der Waals surface area contributed by atoms with E-state index in [0.29, 0.717) is 48.0 Å². The number of aromatic nitrogens is 1. The van der Waals surface area contributed by atoms with Gasteiger partial charge in [0.25, 0.3) is 0 Å². The molecular formula is C28H24FNO5. The third kappa shape index (κ3) is 3.87. The summed E-state index contributed by atoms with van der Waals surface area (Å²) < 4.78 is 35.1. The van der Waals surface area contributed by atoms with Gasteiger partial charge in [-0.1, -0.05) is 6.07 Å². The van der Waals surface area contributed by atoms with Crippen LogP contribution in [0.3, 0.4) is 0 Å². The molecule has 0 saturated heterocycles. The Morgan fingerprint density at radius 2 is 2.00 bits per heavy atom. The average Bonchev–Trinajstić information content (AvgIpc) is 3.54. The van der Waals surface area contributed by atoms with Crippen LogP contribution in [0.4, 0.5) is 4.39 Å². The molecular weight excluding hydrogens is 449 g/mol. The number of benzene rings is 3. The highest BCUT2D eigenvalue weighted by atomic mass is 19.1. The lowest BCUT2D eigenvalue weighted by Crippen LogP contribution is -2.07. The largest absolute Gasteiger partial charge is 0.492 e. The molecule has 1 aromatic heterocycles. The van der Waals surface area contributed by atoms with E-state index in [4.69, 9.17) is 19.3 Å². The molecule has 2 heterocycles. The van der Waals surface area contributed by atoms with Crippen LogP contribution in [0.1, 0.15) is 41.6 Å². The van der Waals surface area contributed by atoms with Gasteiger partial charge in [-0.05, 0) is 55.3 Å². The molecule has 0 saturated carbocycles. The zero-order valence-corrected chi connectivity index (χ0v) is 19.2. The zero-order valence-electron chi connectivity index (χ0n) is 19.2. The number of halogens is 1. The summed E-state index contributed by atoms with van der Waals surface area (Å²) in [6, 6.07) is 16.5. The first-order valence-corrected chi connectivity index (χ1v) is 11.7. The maximum Gasteiger partial charge on any atom is 0.304 e. The van der Waals surface area contributed by atoms with Crippen LogP contribution in [-0.2, 0) is 18.3 Å². The van der Waals surface area contributed by atoms with Gasteiger partial charge in [-0.3, -0.25) is 4.79 Å². The molecule has 6 rings (SSSR count). The van der Waals surface area contributed by atoms with Crippen molar-refractivity contribution < 1.29 is 28.5 Å². The van der Waals surface area contributed by atoms with Crippen LogP contribution in [0.2, 0.25) is 0 Å². The summed E-state index contributed by atoms with van der Waals surface area (Å²) in [6.07, 6.45) is 2.85. The first kappa shape index (κ1) is 21.5. The lowest BCUT2D eigenvalue weighted by Gasteiger charge is -2.17. The number of rotatable bonds is 6. The summed E-state index contributed by atoms with van der Waals surface area (Å²) in [6.45, 7) is 0.335. The normalized spacial score (nSPS) is 18.2. The first-order valence-electron chi connectivity index (χ1n) is 11.7. The number of aliphatic carboxylic acids is 1. The van der Waals surface area contributed by atoms with Crippen molar-refractivity contribution in [1.82, 2.24) is 4.57 Å². The maximum absolute atomic E-state index is 14.9. The van der Waals surface area contributed by atoms with Gasteiger partial charge in [0.15, 0.2) is 0 Å². The van der Waals surface area contributed by atoms with E-state index >= 15 is 0 Å². The highest BCUT2D eigenvalue weighted by molar-refractivity contribution is 5.81. The van der Waals surface area contributed by atoms with Gasteiger partial charge in [0.2, 0.25) is 0 Å². The Hall–Kier alpha value is -4.00. The van der Waals surface area contributed by atoms with Crippen LogP contribution in [0.15, 0.2) is 60.8 Å². The average molecular weight is 474 g/mol. The number of carboxylic acid groups (broad SMARTS) is 1. The van der Waals surface area contributed by atoms with Crippen molar-refractivity contribution in [2.24, 2.45) is 7.05 Å². The molecule has 0 bridgehead atoms. The Bertz CT molecular complexity index is 1460. The van der Waals surface area contributed by atoms with E-state index < -0.39 is 12.1 Å². The standard InChI is InChI=1S/C28H24FNO5/c1-30-11-10-16-12-18(3-7-23(16)30)34-24-9-6-22(29)28-21(24)5-8-25(28)35-19-2-4-20-17(13-27(31)32)15-33-26(20)14-19/h2-4,6-7,9-12,14,17,25H,5,8,13,15H2,1H3,(H,31,32). The van der Waals surface area contributed by atoms with Crippen LogP contribution < -0.4 is 14.2 Å². The number of hydrogen-bond donors (Lipinski definition) is 1. The Labute approximate surface area is 201 Å². The molecule has 3 aromatic carbocycles. The van der Waals surface area contributed by atoms with Gasteiger partial charge in [0.05, 0.1) is 13.0 Å². The number of fused-ring (bicyclic) bond motifs is 3. The van der Waals surface area contributed by atoms with Gasteiger partial charge >= 0.3 is 5.97 Å². The van der Waals surface area contributed by atoms with E-state index in [1.807, 2.05) is 48.1 Å². The molecule has 0 amide bonds. The SMILES string of the molecule is Cn1ccc2cc(Oc3ccc(F)c4c3CCC4Oc3ccc4c(c3)OCC4CC(=O)O)ccc21. The quantitative estimate of drug-likeness (QED) is 0.365. The predicted molar refractivity (Wildman–Crippen MR) is 128 cm³/mol. The molecule has 0 fully saturated rings. The van der Waals surface area contributed by atoms with Crippen molar-refractivity contribution in [2.75, 3.05) is 6.61 Å². The van der Waals surface area contributed by atoms with Gasteiger partial charge in [0, 0.05) is 52.8 Å². The number of carbonyl (C=O) groups is 1. The number of carboxylic acids is 1. The molecule has 6 nitrogen and oxygen atoms in total. The summed E-state index contributed by atoms with van der Waals surface area (Å²) in [4.78, 5) is 11.1. The second kappa shape index (κ2) is 8.34. The number of aryl methyl sites for hydroxylation is 1. The third-order valence-corrected chi connectivity index (χ3v) is 6.89. The fourth-order valence-electron chi connectivity index (χ4n) is 5.18. The maximum atomic E-state index is 14.9. The molecule has 4 aromatic rings. The lowest BCUT2D eigenvalue weighted by molar-refractivity contribution is -0.137. The molecule has 2 unspecified atom stereocenters. The second-order valence-electron chi connectivity index (χ2n) is 9.14. The topological polar surface area (TPSA) is 69.9 Å². The highest BCUT2D eigenvalue weighted by Crippen LogP contribution is 2.44. The van der Waals surface area contributed by atoms with Crippen molar-refractivity contribution in [3.05, 3.63) is 83.3 Å². The molecule has 0 spiro atoms. The molecule has 2 atom stereocenters. The monoisotopic (exact) mass is 473 g/mol. The summed E-state index contributed by atoms with van der Waals surface area (Å²) in [5.41, 5.74) is 3.32. The fraction of sp³-hybridized carbons (Fsp3) is 0.250. The molecule has 1 aliphatic carbocycles. The van der Waals surface area contributed by atoms with Crippen molar-refractivity contribution in [1.29, 1.82) is 0 Å². The zero-order chi connectivity index (χ0) is 24.1. The Kier molecular flexibility index (Phi) is 5.13. The molecule has 35 heavy (non-hydrogen) atoms. The summed E-state index contributed by atoms with van der Waals surface area (Å²) >= 11 is 0. The molecule has 178 valence electrons. The van der Waals surface area contributed by atoms with Crippen LogP contribution in [0.25, 0.3) is 10.9 Å². The highest BCUT2D eigenvalue weighted by Gasteiger charge is 2.32. The van der Waals surface area contributed by atoms with Crippen molar-refractivity contribution in [3.8, 4) is 23.0 Å². The smallest absolute Gasteiger partial charge is 0.304 e. The number of nitrogens with zero attached hydrogens (tertiary/aromatic N) is 1. The summed E-state index contributed by atoms with van der Waals surface area (Å²) in [5.74, 6) is 1.19. The molecule has 1 aliphatic heterocycles. The fourth-order valence-corrected chi connectivity index (χ4v) is 5.18.